The lowest BCUT2D eigenvalue weighted by molar-refractivity contribution is -0.116. The van der Waals surface area contributed by atoms with Crippen molar-refractivity contribution in [3.8, 4) is 0 Å². The molecule has 0 unspecified atom stereocenters. The van der Waals surface area contributed by atoms with Crippen molar-refractivity contribution in [3.63, 3.8) is 0 Å². The molecule has 0 saturated carbocycles. The minimum atomic E-state index is -0.0827. The number of fused-ring (bicyclic) bond motifs is 1. The third-order valence-corrected chi connectivity index (χ3v) is 6.58. The highest BCUT2D eigenvalue weighted by Gasteiger charge is 2.19. The van der Waals surface area contributed by atoms with E-state index in [4.69, 9.17) is 10.5 Å². The van der Waals surface area contributed by atoms with E-state index < -0.39 is 0 Å². The summed E-state index contributed by atoms with van der Waals surface area (Å²) in [6.45, 7) is 6.23. The molecular weight excluding hydrogens is 436 g/mol. The minimum Gasteiger partial charge on any atom is -0.384 e. The van der Waals surface area contributed by atoms with Gasteiger partial charge in [0.2, 0.25) is 11.5 Å². The Kier molecular flexibility index (Phi) is 8.19. The molecule has 33 heavy (non-hydrogen) atoms. The molecule has 0 fully saturated rings. The van der Waals surface area contributed by atoms with E-state index >= 15 is 0 Å². The van der Waals surface area contributed by atoms with E-state index in [1.165, 1.54) is 4.90 Å². The topological polar surface area (TPSA) is 98.4 Å². The van der Waals surface area contributed by atoms with E-state index in [2.05, 4.69) is 9.97 Å². The molecule has 0 aliphatic heterocycles. The molecule has 0 atom stereocenters. The smallest absolute Gasteiger partial charge is 0.224 e. The van der Waals surface area contributed by atoms with Crippen molar-refractivity contribution in [2.75, 3.05) is 19.5 Å². The van der Waals surface area contributed by atoms with Crippen LogP contribution in [0.3, 0.4) is 0 Å². The number of ether oxygens (including phenoxy) is 1. The highest BCUT2D eigenvalue weighted by atomic mass is 32.2. The third kappa shape index (κ3) is 5.77. The minimum absolute atomic E-state index is 0.0827. The molecule has 0 aliphatic carbocycles. The van der Waals surface area contributed by atoms with Gasteiger partial charge in [-0.05, 0) is 54.9 Å². The number of carbonyl (C=O) groups is 2. The fourth-order valence-electron chi connectivity index (χ4n) is 3.51. The summed E-state index contributed by atoms with van der Waals surface area (Å²) in [6, 6.07) is 11.7. The average Bonchev–Trinajstić information content (AvgIpc) is 2.81. The summed E-state index contributed by atoms with van der Waals surface area (Å²) in [5.74, 6) is 0.892. The molecule has 0 saturated heterocycles. The number of aryl methyl sites for hydroxylation is 2. The molecule has 1 amide bonds. The highest BCUT2D eigenvalue weighted by Crippen LogP contribution is 2.32. The first-order valence-electron chi connectivity index (χ1n) is 10.5. The number of aromatic nitrogens is 2. The number of methoxy groups -OCH3 is 1. The predicted molar refractivity (Wildman–Crippen MR) is 133 cm³/mol. The Morgan fingerprint density at radius 3 is 2.58 bits per heavy atom. The van der Waals surface area contributed by atoms with Crippen molar-refractivity contribution >= 4 is 39.9 Å². The van der Waals surface area contributed by atoms with Crippen LogP contribution in [-0.4, -0.2) is 40.1 Å². The van der Waals surface area contributed by atoms with Gasteiger partial charge in [-0.1, -0.05) is 30.3 Å². The van der Waals surface area contributed by atoms with Gasteiger partial charge in [-0.2, -0.15) is 0 Å². The van der Waals surface area contributed by atoms with Crippen LogP contribution >= 0.6 is 11.8 Å². The Morgan fingerprint density at radius 2 is 1.91 bits per heavy atom. The van der Waals surface area contributed by atoms with Crippen LogP contribution in [0.15, 0.2) is 53.2 Å². The van der Waals surface area contributed by atoms with Gasteiger partial charge in [-0.3, -0.25) is 9.59 Å². The van der Waals surface area contributed by atoms with Crippen LogP contribution in [0, 0.1) is 13.8 Å². The average molecular weight is 465 g/mol. The number of benzene rings is 2. The summed E-state index contributed by atoms with van der Waals surface area (Å²) in [7, 11) is 1.61. The summed E-state index contributed by atoms with van der Waals surface area (Å²) in [5, 5.41) is 1.88. The van der Waals surface area contributed by atoms with Gasteiger partial charge in [0.25, 0.3) is 0 Å². The molecule has 172 valence electrons. The second kappa shape index (κ2) is 11.1. The predicted octanol–water partition coefficient (Wildman–Crippen LogP) is 4.63. The number of amides is 1. The fourth-order valence-corrected chi connectivity index (χ4v) is 4.47. The van der Waals surface area contributed by atoms with E-state index in [1.807, 2.05) is 50.2 Å². The molecule has 0 bridgehead atoms. The standard InChI is InChI=1S/C25H28N4O3S/c1-16-9-10-22(21-8-6-5-7-20(16)21)25(31)33-23(11-12-32-4)17(2)29(15-30)14-19-13-27-18(3)28-24(19)26/h5-10,13,15H,11-12,14H2,1-4H3,(H2,26,27,28)/b23-17-. The third-order valence-electron chi connectivity index (χ3n) is 5.43. The van der Waals surface area contributed by atoms with Crippen molar-refractivity contribution < 1.29 is 14.3 Å². The van der Waals surface area contributed by atoms with Gasteiger partial charge in [-0.25, -0.2) is 9.97 Å². The number of nitrogens with two attached hydrogens (primary N) is 1. The van der Waals surface area contributed by atoms with Crippen LogP contribution in [0.25, 0.3) is 10.8 Å². The molecule has 7 nitrogen and oxygen atoms in total. The number of nitrogen functional groups attached to an aromatic ring is 1. The maximum Gasteiger partial charge on any atom is 0.224 e. The van der Waals surface area contributed by atoms with Crippen molar-refractivity contribution in [1.29, 1.82) is 0 Å². The van der Waals surface area contributed by atoms with Crippen molar-refractivity contribution in [3.05, 3.63) is 75.7 Å². The number of allylic oxidation sites excluding steroid dienone is 1. The Balaban J connectivity index is 1.94. The first-order valence-corrected chi connectivity index (χ1v) is 11.4. The van der Waals surface area contributed by atoms with Gasteiger partial charge >= 0.3 is 0 Å². The van der Waals surface area contributed by atoms with Gasteiger partial charge < -0.3 is 15.4 Å². The zero-order valence-corrected chi connectivity index (χ0v) is 20.1. The van der Waals surface area contributed by atoms with Gasteiger partial charge in [0.15, 0.2) is 0 Å². The van der Waals surface area contributed by atoms with Gasteiger partial charge in [0.1, 0.15) is 11.6 Å². The molecule has 0 radical (unpaired) electrons. The number of nitrogens with zero attached hydrogens (tertiary/aromatic N) is 3. The largest absolute Gasteiger partial charge is 0.384 e. The van der Waals surface area contributed by atoms with Crippen LogP contribution < -0.4 is 5.73 Å². The second-order valence-electron chi connectivity index (χ2n) is 7.68. The lowest BCUT2D eigenvalue weighted by atomic mass is 10.0. The number of anilines is 1. The first-order chi connectivity index (χ1) is 15.8. The van der Waals surface area contributed by atoms with Gasteiger partial charge in [0.05, 0.1) is 13.2 Å². The highest BCUT2D eigenvalue weighted by molar-refractivity contribution is 8.17. The van der Waals surface area contributed by atoms with E-state index in [1.54, 1.807) is 20.2 Å². The summed E-state index contributed by atoms with van der Waals surface area (Å²) in [5.41, 5.74) is 9.07. The molecule has 8 heteroatoms. The number of rotatable bonds is 9. The van der Waals surface area contributed by atoms with Crippen LogP contribution in [0.4, 0.5) is 5.82 Å². The molecule has 0 aliphatic rings. The monoisotopic (exact) mass is 464 g/mol. The van der Waals surface area contributed by atoms with E-state index in [0.717, 1.165) is 39.4 Å². The zero-order chi connectivity index (χ0) is 24.0. The first kappa shape index (κ1) is 24.4. The Bertz CT molecular complexity index is 1210. The van der Waals surface area contributed by atoms with Crippen molar-refractivity contribution in [2.24, 2.45) is 0 Å². The second-order valence-corrected chi connectivity index (χ2v) is 8.75. The molecule has 1 heterocycles. The molecule has 3 rings (SSSR count). The van der Waals surface area contributed by atoms with Crippen molar-refractivity contribution in [2.45, 2.75) is 33.7 Å². The number of thioether (sulfide) groups is 1. The Morgan fingerprint density at radius 1 is 1.18 bits per heavy atom. The van der Waals surface area contributed by atoms with E-state index in [0.29, 0.717) is 41.5 Å². The molecule has 0 spiro atoms. The lowest BCUT2D eigenvalue weighted by Gasteiger charge is -2.22. The summed E-state index contributed by atoms with van der Waals surface area (Å²) in [4.78, 5) is 35.9. The normalized spacial score (nSPS) is 11.9. The number of hydrogen-bond donors (Lipinski definition) is 1. The van der Waals surface area contributed by atoms with Crippen LogP contribution in [-0.2, 0) is 16.1 Å². The van der Waals surface area contributed by atoms with Crippen LogP contribution in [0.2, 0.25) is 0 Å². The van der Waals surface area contributed by atoms with Crippen molar-refractivity contribution in [1.82, 2.24) is 14.9 Å². The lowest BCUT2D eigenvalue weighted by Crippen LogP contribution is -2.22. The van der Waals surface area contributed by atoms with E-state index in [-0.39, 0.29) is 11.7 Å². The maximum absolute atomic E-state index is 13.3. The number of hydrogen-bond acceptors (Lipinski definition) is 7. The molecule has 1 aromatic heterocycles. The molecule has 2 aromatic carbocycles. The maximum atomic E-state index is 13.3. The molecule has 2 N–H and O–H groups in total. The summed E-state index contributed by atoms with van der Waals surface area (Å²) < 4.78 is 5.25. The fraction of sp³-hybridized carbons (Fsp3) is 0.280. The molecular formula is C25H28N4O3S. The van der Waals surface area contributed by atoms with Crippen LogP contribution in [0.1, 0.15) is 40.7 Å². The molecule has 3 aromatic rings. The summed E-state index contributed by atoms with van der Waals surface area (Å²) in [6.07, 6.45) is 2.84. The summed E-state index contributed by atoms with van der Waals surface area (Å²) >= 11 is 1.13. The number of carbonyl (C=O) groups excluding carboxylic acids is 2. The quantitative estimate of drug-likeness (QED) is 0.461. The Hall–Kier alpha value is -3.23. The SMILES string of the molecule is COCC/C(SC(=O)c1ccc(C)c2ccccc12)=C(\C)N(C=O)Cc1cnc(C)nc1N. The van der Waals surface area contributed by atoms with Gasteiger partial charge in [-0.15, -0.1) is 0 Å². The van der Waals surface area contributed by atoms with E-state index in [9.17, 15) is 9.59 Å². The van der Waals surface area contributed by atoms with Crippen LogP contribution in [0.5, 0.6) is 0 Å². The Labute approximate surface area is 198 Å². The zero-order valence-electron chi connectivity index (χ0n) is 19.3. The van der Waals surface area contributed by atoms with Gasteiger partial charge in [0, 0.05) is 41.5 Å².